The fourth-order valence-corrected chi connectivity index (χ4v) is 3.27. The third-order valence-electron chi connectivity index (χ3n) is 4.54. The third-order valence-corrected chi connectivity index (χ3v) is 4.54. The van der Waals surface area contributed by atoms with Gasteiger partial charge in [0.25, 0.3) is 5.91 Å². The molecule has 1 fully saturated rings. The average molecular weight is 379 g/mol. The van der Waals surface area contributed by atoms with Crippen LogP contribution in [0.15, 0.2) is 10.6 Å². The van der Waals surface area contributed by atoms with Gasteiger partial charge in [-0.3, -0.25) is 14.5 Å². The van der Waals surface area contributed by atoms with Gasteiger partial charge in [0.2, 0.25) is 11.7 Å². The first-order valence-corrected chi connectivity index (χ1v) is 9.89. The molecule has 152 valence electrons. The van der Waals surface area contributed by atoms with Crippen LogP contribution in [0, 0.1) is 11.8 Å². The lowest BCUT2D eigenvalue weighted by atomic mass is 9.96. The van der Waals surface area contributed by atoms with Gasteiger partial charge in [0.05, 0.1) is 12.2 Å². The lowest BCUT2D eigenvalue weighted by Crippen LogP contribution is -2.48. The summed E-state index contributed by atoms with van der Waals surface area (Å²) >= 11 is 0. The number of hydrogen-bond donors (Lipinski definition) is 2. The fourth-order valence-electron chi connectivity index (χ4n) is 3.27. The summed E-state index contributed by atoms with van der Waals surface area (Å²) in [5, 5.41) is 9.90. The number of likely N-dealkylation sites (tertiary alicyclic amines) is 1. The van der Waals surface area contributed by atoms with Gasteiger partial charge < -0.3 is 15.2 Å². The minimum atomic E-state index is -0.204. The highest BCUT2D eigenvalue weighted by Gasteiger charge is 2.23. The molecule has 0 aliphatic carbocycles. The van der Waals surface area contributed by atoms with Gasteiger partial charge in [0, 0.05) is 18.2 Å². The number of carbonyl (C=O) groups is 2. The smallest absolute Gasteiger partial charge is 0.289 e. The molecule has 1 aliphatic heterocycles. The molecule has 2 heterocycles. The first kappa shape index (κ1) is 21.4. The van der Waals surface area contributed by atoms with Crippen LogP contribution in [0.1, 0.15) is 63.7 Å². The quantitative estimate of drug-likeness (QED) is 0.760. The molecule has 0 bridgehead atoms. The zero-order valence-corrected chi connectivity index (χ0v) is 17.3. The van der Waals surface area contributed by atoms with E-state index in [0.29, 0.717) is 24.9 Å². The van der Waals surface area contributed by atoms with E-state index in [1.165, 1.54) is 0 Å². The van der Waals surface area contributed by atoms with Crippen LogP contribution in [0.5, 0.6) is 0 Å². The van der Waals surface area contributed by atoms with E-state index in [4.69, 9.17) is 4.52 Å². The predicted molar refractivity (Wildman–Crippen MR) is 104 cm³/mol. The Bertz CT molecular complexity index is 625. The summed E-state index contributed by atoms with van der Waals surface area (Å²) in [6.07, 6.45) is 2.74. The summed E-state index contributed by atoms with van der Waals surface area (Å²) in [6, 6.07) is 1.73. The van der Waals surface area contributed by atoms with Crippen molar-refractivity contribution in [3.05, 3.63) is 17.5 Å². The highest BCUT2D eigenvalue weighted by Crippen LogP contribution is 2.17. The third kappa shape index (κ3) is 7.71. The summed E-state index contributed by atoms with van der Waals surface area (Å²) in [5.41, 5.74) is 0.618. The summed E-state index contributed by atoms with van der Waals surface area (Å²) in [7, 11) is 0. The Labute approximate surface area is 162 Å². The van der Waals surface area contributed by atoms with Crippen molar-refractivity contribution in [3.8, 4) is 0 Å². The lowest BCUT2D eigenvalue weighted by Gasteiger charge is -2.32. The van der Waals surface area contributed by atoms with Crippen molar-refractivity contribution < 1.29 is 14.1 Å². The van der Waals surface area contributed by atoms with Gasteiger partial charge in [-0.2, -0.15) is 0 Å². The van der Waals surface area contributed by atoms with E-state index in [2.05, 4.69) is 34.5 Å². The highest BCUT2D eigenvalue weighted by molar-refractivity contribution is 5.91. The molecule has 2 amide bonds. The molecule has 7 heteroatoms. The first-order valence-electron chi connectivity index (χ1n) is 9.89. The molecule has 0 radical (unpaired) electrons. The number of piperidine rings is 1. The number of rotatable bonds is 7. The summed E-state index contributed by atoms with van der Waals surface area (Å²) in [6.45, 7) is 13.0. The SMILES string of the molecule is CC(C)Cc1cc(C(=O)NCC2CCN(CC(=O)NC(C)(C)C)CC2)on1. The van der Waals surface area contributed by atoms with Crippen LogP contribution in [0.2, 0.25) is 0 Å². The minimum absolute atomic E-state index is 0.0665. The van der Waals surface area contributed by atoms with Crippen LogP contribution in [-0.4, -0.2) is 53.6 Å². The molecule has 0 unspecified atom stereocenters. The molecule has 1 aromatic rings. The molecule has 7 nitrogen and oxygen atoms in total. The summed E-state index contributed by atoms with van der Waals surface area (Å²) in [5.74, 6) is 1.04. The van der Waals surface area contributed by atoms with Crippen LogP contribution in [-0.2, 0) is 11.2 Å². The van der Waals surface area contributed by atoms with Gasteiger partial charge in [-0.05, 0) is 65.0 Å². The maximum Gasteiger partial charge on any atom is 0.289 e. The maximum absolute atomic E-state index is 12.2. The number of carbonyl (C=O) groups excluding carboxylic acids is 2. The largest absolute Gasteiger partial charge is 0.351 e. The normalized spacial score (nSPS) is 16.5. The Hall–Kier alpha value is -1.89. The van der Waals surface area contributed by atoms with Crippen molar-refractivity contribution >= 4 is 11.8 Å². The molecule has 1 saturated heterocycles. The second-order valence-corrected chi connectivity index (χ2v) is 9.01. The van der Waals surface area contributed by atoms with Crippen molar-refractivity contribution in [2.45, 2.75) is 59.4 Å². The van der Waals surface area contributed by atoms with E-state index in [0.717, 1.165) is 38.0 Å². The van der Waals surface area contributed by atoms with E-state index >= 15 is 0 Å². The van der Waals surface area contributed by atoms with Crippen molar-refractivity contribution in [2.24, 2.45) is 11.8 Å². The number of hydrogen-bond acceptors (Lipinski definition) is 5. The topological polar surface area (TPSA) is 87.5 Å². The van der Waals surface area contributed by atoms with Crippen LogP contribution in [0.3, 0.4) is 0 Å². The van der Waals surface area contributed by atoms with Crippen molar-refractivity contribution in [2.75, 3.05) is 26.2 Å². The van der Waals surface area contributed by atoms with Crippen molar-refractivity contribution in [1.82, 2.24) is 20.7 Å². The number of nitrogens with zero attached hydrogens (tertiary/aromatic N) is 2. The minimum Gasteiger partial charge on any atom is -0.351 e. The maximum atomic E-state index is 12.2. The van der Waals surface area contributed by atoms with E-state index in [-0.39, 0.29) is 23.1 Å². The Balaban J connectivity index is 1.69. The number of nitrogens with one attached hydrogen (secondary N) is 2. The first-order chi connectivity index (χ1) is 12.6. The zero-order chi connectivity index (χ0) is 20.0. The standard InChI is InChI=1S/C20H34N4O3/c1-14(2)10-16-11-17(27-23-16)19(26)21-12-15-6-8-24(9-7-15)13-18(25)22-20(3,4)5/h11,14-15H,6-10,12-13H2,1-5H3,(H,21,26)(H,22,25). The monoisotopic (exact) mass is 378 g/mol. The van der Waals surface area contributed by atoms with Gasteiger partial charge in [-0.1, -0.05) is 19.0 Å². The Kier molecular flexibility index (Phi) is 7.41. The molecule has 2 N–H and O–H groups in total. The Morgan fingerprint density at radius 1 is 1.30 bits per heavy atom. The van der Waals surface area contributed by atoms with Gasteiger partial charge in [0.1, 0.15) is 0 Å². The van der Waals surface area contributed by atoms with E-state index in [9.17, 15) is 9.59 Å². The van der Waals surface area contributed by atoms with Crippen LogP contribution >= 0.6 is 0 Å². The van der Waals surface area contributed by atoms with Gasteiger partial charge in [-0.25, -0.2) is 0 Å². The van der Waals surface area contributed by atoms with Crippen molar-refractivity contribution in [1.29, 1.82) is 0 Å². The van der Waals surface area contributed by atoms with E-state index in [1.54, 1.807) is 6.07 Å². The number of aromatic nitrogens is 1. The summed E-state index contributed by atoms with van der Waals surface area (Å²) in [4.78, 5) is 26.4. The van der Waals surface area contributed by atoms with Gasteiger partial charge in [0.15, 0.2) is 0 Å². The van der Waals surface area contributed by atoms with Gasteiger partial charge in [-0.15, -0.1) is 0 Å². The lowest BCUT2D eigenvalue weighted by molar-refractivity contribution is -0.124. The molecule has 0 saturated carbocycles. The molecular weight excluding hydrogens is 344 g/mol. The predicted octanol–water partition coefficient (Wildman–Crippen LogP) is 2.23. The van der Waals surface area contributed by atoms with E-state index < -0.39 is 0 Å². The average Bonchev–Trinajstić information content (AvgIpc) is 3.00. The van der Waals surface area contributed by atoms with Crippen LogP contribution in [0.4, 0.5) is 0 Å². The molecule has 27 heavy (non-hydrogen) atoms. The van der Waals surface area contributed by atoms with E-state index in [1.807, 2.05) is 20.8 Å². The van der Waals surface area contributed by atoms with Gasteiger partial charge >= 0.3 is 0 Å². The van der Waals surface area contributed by atoms with Crippen molar-refractivity contribution in [3.63, 3.8) is 0 Å². The molecule has 2 rings (SSSR count). The van der Waals surface area contributed by atoms with Crippen LogP contribution < -0.4 is 10.6 Å². The Morgan fingerprint density at radius 3 is 2.56 bits per heavy atom. The number of amides is 2. The second kappa shape index (κ2) is 9.35. The molecule has 0 aromatic carbocycles. The molecular formula is C20H34N4O3. The summed E-state index contributed by atoms with van der Waals surface area (Å²) < 4.78 is 5.15. The zero-order valence-electron chi connectivity index (χ0n) is 17.3. The molecule has 1 aliphatic rings. The molecule has 0 atom stereocenters. The molecule has 1 aromatic heterocycles. The van der Waals surface area contributed by atoms with Crippen LogP contribution in [0.25, 0.3) is 0 Å². The highest BCUT2D eigenvalue weighted by atomic mass is 16.5. The fraction of sp³-hybridized carbons (Fsp3) is 0.750. The second-order valence-electron chi connectivity index (χ2n) is 9.01. The Morgan fingerprint density at radius 2 is 1.96 bits per heavy atom. The molecule has 0 spiro atoms.